The van der Waals surface area contributed by atoms with Gasteiger partial charge in [0.2, 0.25) is 0 Å². The lowest BCUT2D eigenvalue weighted by atomic mass is 10.0. The molecule has 1 heterocycles. The van der Waals surface area contributed by atoms with Gasteiger partial charge in [0.25, 0.3) is 5.91 Å². The highest BCUT2D eigenvalue weighted by Gasteiger charge is 2.23. The highest BCUT2D eigenvalue weighted by Crippen LogP contribution is 2.14. The normalized spacial score (nSPS) is 16.5. The molecule has 2 rings (SSSR count). The first-order chi connectivity index (χ1) is 14.0. The molecule has 0 saturated carbocycles. The maximum Gasteiger partial charge on any atom is 0.252 e. The molecule has 1 aromatic carbocycles. The molecule has 3 N–H and O–H groups in total. The Hall–Kier alpha value is -1.83. The lowest BCUT2D eigenvalue weighted by Crippen LogP contribution is -2.48. The van der Waals surface area contributed by atoms with Crippen molar-refractivity contribution >= 4 is 23.5 Å². The molecule has 1 fully saturated rings. The first kappa shape index (κ1) is 23.4. The summed E-state index contributed by atoms with van der Waals surface area (Å²) < 4.78 is 5.47. The second-order valence-electron chi connectivity index (χ2n) is 7.34. The zero-order valence-corrected chi connectivity index (χ0v) is 18.5. The molecule has 1 unspecified atom stereocenters. The Morgan fingerprint density at radius 1 is 1.17 bits per heavy atom. The summed E-state index contributed by atoms with van der Waals surface area (Å²) in [6.07, 6.45) is 0. The summed E-state index contributed by atoms with van der Waals surface area (Å²) in [6.45, 7) is 12.6. The highest BCUT2D eigenvalue weighted by atomic mass is 35.5. The summed E-state index contributed by atoms with van der Waals surface area (Å²) in [5.74, 6) is 1.10. The monoisotopic (exact) mass is 423 g/mol. The van der Waals surface area contributed by atoms with Crippen molar-refractivity contribution in [1.29, 1.82) is 0 Å². The number of benzene rings is 1. The van der Waals surface area contributed by atoms with Crippen LogP contribution in [0.25, 0.3) is 0 Å². The predicted molar refractivity (Wildman–Crippen MR) is 119 cm³/mol. The van der Waals surface area contributed by atoms with Crippen molar-refractivity contribution in [3.05, 3.63) is 34.9 Å². The first-order valence-electron chi connectivity index (χ1n) is 10.4. The van der Waals surface area contributed by atoms with Crippen LogP contribution in [0.5, 0.6) is 0 Å². The number of rotatable bonds is 9. The Morgan fingerprint density at radius 3 is 2.52 bits per heavy atom. The summed E-state index contributed by atoms with van der Waals surface area (Å²) in [7, 11) is 0. The summed E-state index contributed by atoms with van der Waals surface area (Å²) in [5.41, 5.74) is 0.486. The number of carbonyl (C=O) groups excluding carboxylic acids is 1. The van der Waals surface area contributed by atoms with Crippen molar-refractivity contribution in [2.75, 3.05) is 52.5 Å². The Balaban J connectivity index is 1.83. The number of carbonyl (C=O) groups is 1. The second kappa shape index (κ2) is 12.7. The van der Waals surface area contributed by atoms with Gasteiger partial charge in [0.05, 0.1) is 30.3 Å². The van der Waals surface area contributed by atoms with Crippen LogP contribution in [-0.4, -0.2) is 75.3 Å². The SMILES string of the molecule is CCNC(=NCC(C(C)C)N1CCOCC1)NCCNC(=O)c1ccccc1Cl. The van der Waals surface area contributed by atoms with Gasteiger partial charge in [-0.15, -0.1) is 0 Å². The maximum atomic E-state index is 12.2. The number of hydrogen-bond acceptors (Lipinski definition) is 4. The minimum atomic E-state index is -0.175. The average molecular weight is 424 g/mol. The van der Waals surface area contributed by atoms with E-state index in [-0.39, 0.29) is 5.91 Å². The van der Waals surface area contributed by atoms with E-state index in [0.29, 0.717) is 35.6 Å². The number of nitrogens with one attached hydrogen (secondary N) is 3. The Kier molecular flexibility index (Phi) is 10.2. The molecule has 8 heteroatoms. The molecule has 0 aromatic heterocycles. The van der Waals surface area contributed by atoms with Gasteiger partial charge in [-0.1, -0.05) is 37.6 Å². The molecule has 1 saturated heterocycles. The summed E-state index contributed by atoms with van der Waals surface area (Å²) >= 11 is 6.07. The number of aliphatic imine (C=N–C) groups is 1. The molecule has 29 heavy (non-hydrogen) atoms. The standard InChI is InChI=1S/C21H34ClN5O2/c1-4-23-21(26-15-19(16(2)3)27-11-13-29-14-12-27)25-10-9-24-20(28)17-7-5-6-8-18(17)22/h5-8,16,19H,4,9-15H2,1-3H3,(H,24,28)(H2,23,25,26). The molecule has 1 atom stereocenters. The fraction of sp³-hybridized carbons (Fsp3) is 0.619. The van der Waals surface area contributed by atoms with Crippen LogP contribution in [0.3, 0.4) is 0 Å². The van der Waals surface area contributed by atoms with Gasteiger partial charge in [-0.2, -0.15) is 0 Å². The third-order valence-electron chi connectivity index (χ3n) is 4.89. The quantitative estimate of drug-likeness (QED) is 0.321. The molecular weight excluding hydrogens is 390 g/mol. The molecule has 1 aromatic rings. The van der Waals surface area contributed by atoms with Crippen LogP contribution in [0, 0.1) is 5.92 Å². The molecule has 0 spiro atoms. The van der Waals surface area contributed by atoms with Crippen molar-refractivity contribution in [1.82, 2.24) is 20.9 Å². The van der Waals surface area contributed by atoms with Gasteiger partial charge >= 0.3 is 0 Å². The molecule has 7 nitrogen and oxygen atoms in total. The number of guanidine groups is 1. The molecule has 0 aliphatic carbocycles. The van der Waals surface area contributed by atoms with Gasteiger partial charge in [0, 0.05) is 38.8 Å². The predicted octanol–water partition coefficient (Wildman–Crippen LogP) is 1.98. The zero-order chi connectivity index (χ0) is 21.1. The Morgan fingerprint density at radius 2 is 1.86 bits per heavy atom. The number of morpholine rings is 1. The first-order valence-corrected chi connectivity index (χ1v) is 10.8. The lowest BCUT2D eigenvalue weighted by molar-refractivity contribution is 0.00867. The second-order valence-corrected chi connectivity index (χ2v) is 7.75. The summed E-state index contributed by atoms with van der Waals surface area (Å²) in [6, 6.07) is 7.42. The van der Waals surface area contributed by atoms with E-state index in [1.165, 1.54) is 0 Å². The molecule has 0 bridgehead atoms. The topological polar surface area (TPSA) is 78.0 Å². The molecule has 0 radical (unpaired) electrons. The minimum Gasteiger partial charge on any atom is -0.379 e. The summed E-state index contributed by atoms with van der Waals surface area (Å²) in [4.78, 5) is 19.5. The maximum absolute atomic E-state index is 12.2. The zero-order valence-electron chi connectivity index (χ0n) is 17.7. The largest absolute Gasteiger partial charge is 0.379 e. The van der Waals surface area contributed by atoms with E-state index in [1.54, 1.807) is 24.3 Å². The third-order valence-corrected chi connectivity index (χ3v) is 5.22. The van der Waals surface area contributed by atoms with E-state index < -0.39 is 0 Å². The van der Waals surface area contributed by atoms with E-state index in [4.69, 9.17) is 21.3 Å². The number of hydrogen-bond donors (Lipinski definition) is 3. The Labute approximate surface area is 179 Å². The number of amides is 1. The lowest BCUT2D eigenvalue weighted by Gasteiger charge is -2.36. The van der Waals surface area contributed by atoms with Crippen molar-refractivity contribution in [3.63, 3.8) is 0 Å². The fourth-order valence-corrected chi connectivity index (χ4v) is 3.50. The minimum absolute atomic E-state index is 0.175. The fourth-order valence-electron chi connectivity index (χ4n) is 3.28. The van der Waals surface area contributed by atoms with Gasteiger partial charge < -0.3 is 20.7 Å². The molecule has 1 amide bonds. The van der Waals surface area contributed by atoms with E-state index in [2.05, 4.69) is 34.7 Å². The van der Waals surface area contributed by atoms with Gasteiger partial charge in [-0.3, -0.25) is 14.7 Å². The van der Waals surface area contributed by atoms with Crippen molar-refractivity contribution in [3.8, 4) is 0 Å². The number of nitrogens with zero attached hydrogens (tertiary/aromatic N) is 2. The van der Waals surface area contributed by atoms with Crippen LogP contribution in [-0.2, 0) is 4.74 Å². The smallest absolute Gasteiger partial charge is 0.252 e. The molecular formula is C21H34ClN5O2. The van der Waals surface area contributed by atoms with Gasteiger partial charge in [0.15, 0.2) is 5.96 Å². The van der Waals surface area contributed by atoms with Crippen molar-refractivity contribution < 1.29 is 9.53 Å². The summed E-state index contributed by atoms with van der Waals surface area (Å²) in [5, 5.41) is 9.89. The molecule has 1 aliphatic rings. The van der Waals surface area contributed by atoms with Crippen LogP contribution in [0.4, 0.5) is 0 Å². The Bertz CT molecular complexity index is 662. The highest BCUT2D eigenvalue weighted by molar-refractivity contribution is 6.33. The van der Waals surface area contributed by atoms with Crippen LogP contribution >= 0.6 is 11.6 Å². The molecule has 1 aliphatic heterocycles. The van der Waals surface area contributed by atoms with Gasteiger partial charge in [0.1, 0.15) is 0 Å². The van der Waals surface area contributed by atoms with Crippen LogP contribution < -0.4 is 16.0 Å². The van der Waals surface area contributed by atoms with Crippen LogP contribution in [0.2, 0.25) is 5.02 Å². The van der Waals surface area contributed by atoms with E-state index in [9.17, 15) is 4.79 Å². The van der Waals surface area contributed by atoms with Gasteiger partial charge in [-0.25, -0.2) is 0 Å². The van der Waals surface area contributed by atoms with Gasteiger partial charge in [-0.05, 0) is 25.0 Å². The van der Waals surface area contributed by atoms with Crippen LogP contribution in [0.15, 0.2) is 29.3 Å². The average Bonchev–Trinajstić information content (AvgIpc) is 2.72. The van der Waals surface area contributed by atoms with Crippen molar-refractivity contribution in [2.24, 2.45) is 10.9 Å². The van der Waals surface area contributed by atoms with Crippen molar-refractivity contribution in [2.45, 2.75) is 26.8 Å². The van der Waals surface area contributed by atoms with E-state index in [0.717, 1.165) is 45.4 Å². The van der Waals surface area contributed by atoms with E-state index >= 15 is 0 Å². The molecule has 162 valence electrons. The number of ether oxygens (including phenoxy) is 1. The van der Waals surface area contributed by atoms with E-state index in [1.807, 2.05) is 6.92 Å². The third kappa shape index (κ3) is 7.84. The number of halogens is 1. The van der Waals surface area contributed by atoms with Crippen LogP contribution in [0.1, 0.15) is 31.1 Å².